The van der Waals surface area contributed by atoms with Crippen molar-refractivity contribution in [3.05, 3.63) is 41.0 Å². The van der Waals surface area contributed by atoms with Gasteiger partial charge in [-0.05, 0) is 33.3 Å². The Morgan fingerprint density at radius 1 is 1.39 bits per heavy atom. The molecule has 0 aliphatic carbocycles. The number of amides is 1. The highest BCUT2D eigenvalue weighted by Crippen LogP contribution is 2.20. The largest absolute Gasteiger partial charge is 0.487 e. The van der Waals surface area contributed by atoms with Crippen molar-refractivity contribution in [2.75, 3.05) is 13.1 Å². The molecule has 1 saturated heterocycles. The topological polar surface area (TPSA) is 68.5 Å². The van der Waals surface area contributed by atoms with Crippen LogP contribution >= 0.6 is 0 Å². The van der Waals surface area contributed by atoms with Crippen LogP contribution in [0.2, 0.25) is 0 Å². The molecule has 0 saturated carbocycles. The van der Waals surface area contributed by atoms with Gasteiger partial charge in [0.2, 0.25) is 5.91 Å². The Hall–Kier alpha value is -2.37. The lowest BCUT2D eigenvalue weighted by Gasteiger charge is -2.39. The third-order valence-corrected chi connectivity index (χ3v) is 4.14. The van der Waals surface area contributed by atoms with E-state index in [1.54, 1.807) is 6.20 Å². The zero-order valence-corrected chi connectivity index (χ0v) is 13.7. The fraction of sp³-hybridized carbons (Fsp3) is 0.471. The molecule has 6 heteroatoms. The molecule has 122 valence electrons. The van der Waals surface area contributed by atoms with Crippen LogP contribution in [0.25, 0.3) is 0 Å². The number of rotatable bonds is 5. The first-order valence-electron chi connectivity index (χ1n) is 7.82. The number of aryl methyl sites for hydroxylation is 3. The molecular formula is C17H21N3O3. The number of carbonyl (C=O) groups is 1. The number of aromatic nitrogens is 2. The van der Waals surface area contributed by atoms with Crippen molar-refractivity contribution in [2.45, 2.75) is 39.7 Å². The Labute approximate surface area is 135 Å². The Bertz CT molecular complexity index is 685. The van der Waals surface area contributed by atoms with E-state index in [1.807, 2.05) is 37.8 Å². The maximum atomic E-state index is 12.2. The van der Waals surface area contributed by atoms with Gasteiger partial charge in [0.1, 0.15) is 17.6 Å². The van der Waals surface area contributed by atoms with E-state index >= 15 is 0 Å². The molecule has 0 bridgehead atoms. The smallest absolute Gasteiger partial charge is 0.223 e. The highest BCUT2D eigenvalue weighted by molar-refractivity contribution is 5.77. The van der Waals surface area contributed by atoms with Gasteiger partial charge < -0.3 is 14.2 Å². The van der Waals surface area contributed by atoms with Crippen molar-refractivity contribution < 1.29 is 14.1 Å². The Balaban J connectivity index is 1.45. The monoisotopic (exact) mass is 315 g/mol. The molecule has 3 rings (SSSR count). The molecule has 1 amide bonds. The number of nitrogens with zero attached hydrogens (tertiary/aromatic N) is 3. The molecule has 2 aromatic rings. The van der Waals surface area contributed by atoms with Crippen LogP contribution < -0.4 is 4.74 Å². The highest BCUT2D eigenvalue weighted by atomic mass is 16.5. The second kappa shape index (κ2) is 6.40. The van der Waals surface area contributed by atoms with E-state index < -0.39 is 0 Å². The number of likely N-dealkylation sites (tertiary alicyclic amines) is 1. The lowest BCUT2D eigenvalue weighted by Crippen LogP contribution is -2.56. The van der Waals surface area contributed by atoms with Crippen LogP contribution in [0.15, 0.2) is 22.9 Å². The minimum absolute atomic E-state index is 0.0693. The van der Waals surface area contributed by atoms with Gasteiger partial charge in [0, 0.05) is 29.9 Å². The maximum Gasteiger partial charge on any atom is 0.223 e. The summed E-state index contributed by atoms with van der Waals surface area (Å²) in [7, 11) is 0. The van der Waals surface area contributed by atoms with E-state index in [1.165, 1.54) is 0 Å². The zero-order chi connectivity index (χ0) is 16.4. The molecule has 0 atom stereocenters. The predicted molar refractivity (Wildman–Crippen MR) is 84.3 cm³/mol. The van der Waals surface area contributed by atoms with Crippen LogP contribution in [0.1, 0.15) is 29.1 Å². The first kappa shape index (κ1) is 15.5. The van der Waals surface area contributed by atoms with Gasteiger partial charge in [0.15, 0.2) is 0 Å². The molecule has 0 unspecified atom stereocenters. The zero-order valence-electron chi connectivity index (χ0n) is 13.7. The van der Waals surface area contributed by atoms with Gasteiger partial charge in [-0.15, -0.1) is 0 Å². The standard InChI is InChI=1S/C17H21N3O3/c1-11-8-14(6-7-18-11)22-15-9-20(10-15)17(21)5-4-16-12(2)19-23-13(16)3/h6-8,15H,4-5,9-10H2,1-3H3. The second-order valence-electron chi connectivity index (χ2n) is 5.97. The van der Waals surface area contributed by atoms with Gasteiger partial charge in [-0.3, -0.25) is 9.78 Å². The quantitative estimate of drug-likeness (QED) is 0.846. The minimum atomic E-state index is 0.0693. The van der Waals surface area contributed by atoms with Gasteiger partial charge >= 0.3 is 0 Å². The molecule has 1 aliphatic rings. The van der Waals surface area contributed by atoms with E-state index in [9.17, 15) is 4.79 Å². The van der Waals surface area contributed by atoms with Crippen molar-refractivity contribution in [3.8, 4) is 5.75 Å². The van der Waals surface area contributed by atoms with E-state index in [0.29, 0.717) is 25.9 Å². The molecule has 6 nitrogen and oxygen atoms in total. The average Bonchev–Trinajstić information content (AvgIpc) is 2.79. The van der Waals surface area contributed by atoms with E-state index in [4.69, 9.17) is 9.26 Å². The summed E-state index contributed by atoms with van der Waals surface area (Å²) in [5, 5.41) is 3.91. The normalized spacial score (nSPS) is 14.7. The molecule has 3 heterocycles. The summed E-state index contributed by atoms with van der Waals surface area (Å²) in [5.41, 5.74) is 2.83. The Morgan fingerprint density at radius 3 is 2.83 bits per heavy atom. The molecule has 0 aromatic carbocycles. The molecule has 0 radical (unpaired) electrons. The first-order valence-corrected chi connectivity index (χ1v) is 7.82. The predicted octanol–water partition coefficient (Wildman–Crippen LogP) is 2.22. The summed E-state index contributed by atoms with van der Waals surface area (Å²) in [6.45, 7) is 6.99. The Kier molecular flexibility index (Phi) is 4.32. The van der Waals surface area contributed by atoms with Crippen LogP contribution in [0.4, 0.5) is 0 Å². The molecule has 23 heavy (non-hydrogen) atoms. The SMILES string of the molecule is Cc1cc(OC2CN(C(=O)CCc3c(C)noc3C)C2)ccn1. The average molecular weight is 315 g/mol. The molecular weight excluding hydrogens is 294 g/mol. The van der Waals surface area contributed by atoms with Crippen molar-refractivity contribution in [3.63, 3.8) is 0 Å². The van der Waals surface area contributed by atoms with Crippen LogP contribution in [-0.2, 0) is 11.2 Å². The number of hydrogen-bond donors (Lipinski definition) is 0. The highest BCUT2D eigenvalue weighted by Gasteiger charge is 2.32. The van der Waals surface area contributed by atoms with Crippen molar-refractivity contribution in [1.82, 2.24) is 15.0 Å². The molecule has 0 spiro atoms. The fourth-order valence-electron chi connectivity index (χ4n) is 2.75. The number of ether oxygens (including phenoxy) is 1. The third kappa shape index (κ3) is 3.52. The summed E-state index contributed by atoms with van der Waals surface area (Å²) >= 11 is 0. The molecule has 1 fully saturated rings. The van der Waals surface area contributed by atoms with Crippen molar-refractivity contribution in [1.29, 1.82) is 0 Å². The van der Waals surface area contributed by atoms with Gasteiger partial charge in [0.05, 0.1) is 18.8 Å². The number of hydrogen-bond acceptors (Lipinski definition) is 5. The van der Waals surface area contributed by atoms with Crippen LogP contribution in [-0.4, -0.2) is 40.1 Å². The first-order chi connectivity index (χ1) is 11.0. The van der Waals surface area contributed by atoms with Crippen LogP contribution in [0, 0.1) is 20.8 Å². The van der Waals surface area contributed by atoms with Crippen LogP contribution in [0.3, 0.4) is 0 Å². The van der Waals surface area contributed by atoms with Crippen molar-refractivity contribution >= 4 is 5.91 Å². The van der Waals surface area contributed by atoms with E-state index in [-0.39, 0.29) is 12.0 Å². The lowest BCUT2D eigenvalue weighted by molar-refractivity contribution is -0.139. The summed E-state index contributed by atoms with van der Waals surface area (Å²) in [4.78, 5) is 18.2. The molecule has 1 aliphatic heterocycles. The van der Waals surface area contributed by atoms with Gasteiger partial charge in [-0.25, -0.2) is 0 Å². The molecule has 2 aromatic heterocycles. The van der Waals surface area contributed by atoms with E-state index in [0.717, 1.165) is 28.5 Å². The number of pyridine rings is 1. The lowest BCUT2D eigenvalue weighted by atomic mass is 10.1. The van der Waals surface area contributed by atoms with Crippen LogP contribution in [0.5, 0.6) is 5.75 Å². The van der Waals surface area contributed by atoms with Gasteiger partial charge in [-0.1, -0.05) is 5.16 Å². The minimum Gasteiger partial charge on any atom is -0.487 e. The van der Waals surface area contributed by atoms with Gasteiger partial charge in [0.25, 0.3) is 0 Å². The summed E-state index contributed by atoms with van der Waals surface area (Å²) in [6, 6.07) is 3.75. The summed E-state index contributed by atoms with van der Waals surface area (Å²) < 4.78 is 11.0. The summed E-state index contributed by atoms with van der Waals surface area (Å²) in [6.07, 6.45) is 2.95. The maximum absolute atomic E-state index is 12.2. The van der Waals surface area contributed by atoms with Crippen molar-refractivity contribution in [2.24, 2.45) is 0 Å². The second-order valence-corrected chi connectivity index (χ2v) is 5.97. The van der Waals surface area contributed by atoms with E-state index in [2.05, 4.69) is 10.1 Å². The fourth-order valence-corrected chi connectivity index (χ4v) is 2.75. The third-order valence-electron chi connectivity index (χ3n) is 4.14. The Morgan fingerprint density at radius 2 is 2.17 bits per heavy atom. The number of carbonyl (C=O) groups excluding carboxylic acids is 1. The van der Waals surface area contributed by atoms with Gasteiger partial charge in [-0.2, -0.15) is 0 Å². The molecule has 0 N–H and O–H groups in total. The summed E-state index contributed by atoms with van der Waals surface area (Å²) in [5.74, 6) is 1.76.